The monoisotopic (exact) mass is 418 g/mol. The number of nitrogen functional groups attached to an aromatic ring is 1. The lowest BCUT2D eigenvalue weighted by molar-refractivity contribution is -0.109. The first kappa shape index (κ1) is 20.5. The maximum absolute atomic E-state index is 11.0. The van der Waals surface area contributed by atoms with E-state index in [2.05, 4.69) is 58.0 Å². The highest BCUT2D eigenvalue weighted by Crippen LogP contribution is 2.31. The molecule has 0 aliphatic carbocycles. The number of nitrogens with zero attached hydrogens (tertiary/aromatic N) is 2. The molecule has 0 saturated carbocycles. The average Bonchev–Trinajstić information content (AvgIpc) is 2.75. The van der Waals surface area contributed by atoms with Crippen molar-refractivity contribution < 1.29 is 9.53 Å². The van der Waals surface area contributed by atoms with Crippen molar-refractivity contribution >= 4 is 29.4 Å². The molecular formula is C23H26N6O2. The number of aldehydes is 1. The number of hydrogen-bond acceptors (Lipinski definition) is 8. The fraction of sp³-hybridized carbons (Fsp3) is 0.261. The van der Waals surface area contributed by atoms with Crippen molar-refractivity contribution in [1.82, 2.24) is 9.97 Å². The van der Waals surface area contributed by atoms with Crippen LogP contribution < -0.4 is 26.4 Å². The lowest BCUT2D eigenvalue weighted by Crippen LogP contribution is -2.32. The summed E-state index contributed by atoms with van der Waals surface area (Å²) >= 11 is 0. The number of rotatable bonds is 7. The highest BCUT2D eigenvalue weighted by Gasteiger charge is 2.18. The molecule has 2 aromatic carbocycles. The third-order valence-corrected chi connectivity index (χ3v) is 4.92. The van der Waals surface area contributed by atoms with Crippen LogP contribution in [0.5, 0.6) is 5.75 Å². The van der Waals surface area contributed by atoms with E-state index in [-0.39, 0.29) is 12.0 Å². The second kappa shape index (κ2) is 8.91. The van der Waals surface area contributed by atoms with Crippen molar-refractivity contribution in [3.05, 3.63) is 53.6 Å². The Morgan fingerprint density at radius 1 is 1.10 bits per heavy atom. The Balaban J connectivity index is 1.37. The van der Waals surface area contributed by atoms with Gasteiger partial charge in [-0.25, -0.2) is 4.98 Å². The van der Waals surface area contributed by atoms with Crippen molar-refractivity contribution in [2.24, 2.45) is 0 Å². The summed E-state index contributed by atoms with van der Waals surface area (Å²) < 4.78 is 5.58. The van der Waals surface area contributed by atoms with Crippen LogP contribution in [0.15, 0.2) is 42.5 Å². The van der Waals surface area contributed by atoms with Gasteiger partial charge >= 0.3 is 0 Å². The molecule has 0 spiro atoms. The summed E-state index contributed by atoms with van der Waals surface area (Å²) in [5, 5.41) is 9.81. The van der Waals surface area contributed by atoms with E-state index in [0.717, 1.165) is 34.7 Å². The molecule has 1 aliphatic rings. The van der Waals surface area contributed by atoms with Gasteiger partial charge in [-0.15, -0.1) is 0 Å². The highest BCUT2D eigenvalue weighted by atomic mass is 16.5. The predicted molar refractivity (Wildman–Crippen MR) is 124 cm³/mol. The van der Waals surface area contributed by atoms with Gasteiger partial charge in [0.1, 0.15) is 30.5 Å². The number of aryl methyl sites for hydroxylation is 2. The molecule has 1 atom stereocenters. The number of fused-ring (bicyclic) bond motifs is 1. The van der Waals surface area contributed by atoms with Gasteiger partial charge in [-0.3, -0.25) is 0 Å². The van der Waals surface area contributed by atoms with Crippen LogP contribution in [-0.4, -0.2) is 42.0 Å². The molecule has 1 aliphatic heterocycles. The van der Waals surface area contributed by atoms with E-state index in [0.29, 0.717) is 25.5 Å². The molecule has 3 aromatic rings. The Morgan fingerprint density at radius 3 is 2.65 bits per heavy atom. The van der Waals surface area contributed by atoms with Crippen LogP contribution in [0.2, 0.25) is 0 Å². The minimum absolute atomic E-state index is 0.234. The molecule has 8 nitrogen and oxygen atoms in total. The molecule has 5 N–H and O–H groups in total. The van der Waals surface area contributed by atoms with Gasteiger partial charge in [0.05, 0.1) is 11.4 Å². The van der Waals surface area contributed by atoms with Gasteiger partial charge < -0.3 is 31.2 Å². The first-order valence-electron chi connectivity index (χ1n) is 10.2. The number of anilines is 4. The number of carbonyl (C=O) groups is 1. The fourth-order valence-electron chi connectivity index (χ4n) is 3.60. The quantitative estimate of drug-likeness (QED) is 0.342. The van der Waals surface area contributed by atoms with E-state index < -0.39 is 0 Å². The first-order chi connectivity index (χ1) is 15.0. The van der Waals surface area contributed by atoms with Crippen LogP contribution >= 0.6 is 0 Å². The number of nitrogens with one attached hydrogen (secondary N) is 3. The number of benzene rings is 2. The average molecular weight is 419 g/mol. The normalized spacial score (nSPS) is 14.7. The van der Waals surface area contributed by atoms with E-state index in [1.807, 2.05) is 24.3 Å². The van der Waals surface area contributed by atoms with Crippen LogP contribution in [-0.2, 0) is 4.79 Å². The molecule has 31 heavy (non-hydrogen) atoms. The third kappa shape index (κ3) is 5.03. The highest BCUT2D eigenvalue weighted by molar-refractivity contribution is 5.72. The van der Waals surface area contributed by atoms with E-state index >= 15 is 0 Å². The minimum Gasteiger partial charge on any atom is -0.489 e. The summed E-state index contributed by atoms with van der Waals surface area (Å²) in [6.45, 7) is 5.78. The molecular weight excluding hydrogens is 392 g/mol. The Hall–Kier alpha value is -3.81. The van der Waals surface area contributed by atoms with Gasteiger partial charge in [-0.1, -0.05) is 17.2 Å². The SMILES string of the molecule is Cc1cc(C)cc(-c2cc(NCCNc3ccc4c(c3)NC(C=O)CO4)nc(N)n2)c1. The third-order valence-electron chi connectivity index (χ3n) is 4.92. The van der Waals surface area contributed by atoms with E-state index in [1.54, 1.807) is 0 Å². The molecule has 160 valence electrons. The summed E-state index contributed by atoms with van der Waals surface area (Å²) in [5.41, 5.74) is 11.8. The molecule has 0 radical (unpaired) electrons. The molecule has 1 aromatic heterocycles. The molecule has 2 heterocycles. The van der Waals surface area contributed by atoms with Crippen molar-refractivity contribution in [3.63, 3.8) is 0 Å². The van der Waals surface area contributed by atoms with Crippen LogP contribution in [0.3, 0.4) is 0 Å². The maximum atomic E-state index is 11.0. The van der Waals surface area contributed by atoms with Crippen LogP contribution in [0.1, 0.15) is 11.1 Å². The Morgan fingerprint density at radius 2 is 1.87 bits per heavy atom. The zero-order valence-corrected chi connectivity index (χ0v) is 17.6. The maximum Gasteiger partial charge on any atom is 0.222 e. The van der Waals surface area contributed by atoms with E-state index in [1.165, 1.54) is 11.1 Å². The van der Waals surface area contributed by atoms with Crippen LogP contribution in [0, 0.1) is 13.8 Å². The Kier molecular flexibility index (Phi) is 5.88. The summed E-state index contributed by atoms with van der Waals surface area (Å²) in [5.74, 6) is 1.66. The Bertz CT molecular complexity index is 1080. The number of hydrogen-bond donors (Lipinski definition) is 4. The largest absolute Gasteiger partial charge is 0.489 e. The summed E-state index contributed by atoms with van der Waals surface area (Å²) in [7, 11) is 0. The Labute approximate surface area is 181 Å². The molecule has 1 unspecified atom stereocenters. The zero-order valence-electron chi connectivity index (χ0n) is 17.6. The minimum atomic E-state index is -0.320. The number of nitrogens with two attached hydrogens (primary N) is 1. The lowest BCUT2D eigenvalue weighted by Gasteiger charge is -2.24. The van der Waals surface area contributed by atoms with Crippen molar-refractivity contribution in [2.45, 2.75) is 19.9 Å². The lowest BCUT2D eigenvalue weighted by atomic mass is 10.0. The summed E-state index contributed by atoms with van der Waals surface area (Å²) in [6.07, 6.45) is 0.854. The molecule has 0 bridgehead atoms. The second-order valence-electron chi connectivity index (χ2n) is 7.64. The summed E-state index contributed by atoms with van der Waals surface area (Å²) in [6, 6.07) is 13.7. The number of aromatic nitrogens is 2. The molecule has 0 saturated heterocycles. The fourth-order valence-corrected chi connectivity index (χ4v) is 3.60. The molecule has 0 amide bonds. The van der Waals surface area contributed by atoms with Gasteiger partial charge in [-0.05, 0) is 44.2 Å². The van der Waals surface area contributed by atoms with Crippen LogP contribution in [0.4, 0.5) is 23.1 Å². The van der Waals surface area contributed by atoms with Gasteiger partial charge in [0.25, 0.3) is 0 Å². The van der Waals surface area contributed by atoms with Crippen molar-refractivity contribution in [2.75, 3.05) is 41.4 Å². The van der Waals surface area contributed by atoms with Gasteiger partial charge in [0.15, 0.2) is 0 Å². The molecule has 0 fully saturated rings. The van der Waals surface area contributed by atoms with Crippen LogP contribution in [0.25, 0.3) is 11.3 Å². The van der Waals surface area contributed by atoms with E-state index in [4.69, 9.17) is 10.5 Å². The summed E-state index contributed by atoms with van der Waals surface area (Å²) in [4.78, 5) is 19.7. The standard InChI is InChI=1S/C23H26N6O2/c1-14-7-15(2)9-16(8-14)19-11-22(29-23(24)28-19)26-6-5-25-17-3-4-21-20(10-17)27-18(12-30)13-31-21/h3-4,7-12,18,25,27H,5-6,13H2,1-2H3,(H3,24,26,28,29). The smallest absolute Gasteiger partial charge is 0.222 e. The van der Waals surface area contributed by atoms with Gasteiger partial charge in [-0.2, -0.15) is 4.98 Å². The van der Waals surface area contributed by atoms with E-state index in [9.17, 15) is 4.79 Å². The second-order valence-corrected chi connectivity index (χ2v) is 7.64. The number of carbonyl (C=O) groups excluding carboxylic acids is 1. The number of ether oxygens (including phenoxy) is 1. The zero-order chi connectivity index (χ0) is 21.8. The predicted octanol–water partition coefficient (Wildman–Crippen LogP) is 3.24. The van der Waals surface area contributed by atoms with Crippen molar-refractivity contribution in [3.8, 4) is 17.0 Å². The first-order valence-corrected chi connectivity index (χ1v) is 10.2. The van der Waals surface area contributed by atoms with Gasteiger partial charge in [0.2, 0.25) is 5.95 Å². The van der Waals surface area contributed by atoms with Crippen molar-refractivity contribution in [1.29, 1.82) is 0 Å². The molecule has 4 rings (SSSR count). The molecule has 8 heteroatoms. The van der Waals surface area contributed by atoms with Gasteiger partial charge in [0, 0.05) is 30.4 Å². The topological polar surface area (TPSA) is 114 Å².